The summed E-state index contributed by atoms with van der Waals surface area (Å²) in [4.78, 5) is 10.8. The Kier molecular flexibility index (Phi) is 4.25. The van der Waals surface area contributed by atoms with Crippen LogP contribution >= 0.6 is 11.8 Å². The van der Waals surface area contributed by atoms with E-state index in [1.807, 2.05) is 37.0 Å². The fraction of sp³-hybridized carbons (Fsp3) is 0.500. The predicted molar refractivity (Wildman–Crippen MR) is 73.2 cm³/mol. The maximum Gasteiger partial charge on any atom is 0.191 e. The largest absolute Gasteiger partial charge is 0.370 e. The van der Waals surface area contributed by atoms with Crippen molar-refractivity contribution in [3.8, 4) is 0 Å². The van der Waals surface area contributed by atoms with Crippen molar-refractivity contribution >= 4 is 17.7 Å². The van der Waals surface area contributed by atoms with Gasteiger partial charge in [-0.1, -0.05) is 6.07 Å². The zero-order chi connectivity index (χ0) is 12.1. The number of nitrogens with zero attached hydrogens (tertiary/aromatic N) is 3. The van der Waals surface area contributed by atoms with E-state index in [4.69, 9.17) is 5.73 Å². The Bertz CT molecular complexity index is 382. The highest BCUT2D eigenvalue weighted by Gasteiger charge is 2.11. The standard InChI is InChI=1S/C12H18N4S/c1-10-2-3-11(8-14-10)9-15-12(13)16-4-6-17-7-5-16/h2-3,8H,4-7,9H2,1H3,(H2,13,15). The van der Waals surface area contributed by atoms with Crippen molar-refractivity contribution < 1.29 is 0 Å². The Hall–Kier alpha value is -1.23. The van der Waals surface area contributed by atoms with E-state index in [-0.39, 0.29) is 0 Å². The van der Waals surface area contributed by atoms with Crippen LogP contribution in [0.5, 0.6) is 0 Å². The number of thioether (sulfide) groups is 1. The van der Waals surface area contributed by atoms with Gasteiger partial charge in [0.1, 0.15) is 0 Å². The highest BCUT2D eigenvalue weighted by Crippen LogP contribution is 2.09. The number of guanidine groups is 1. The molecule has 0 bridgehead atoms. The lowest BCUT2D eigenvalue weighted by atomic mass is 10.2. The lowest BCUT2D eigenvalue weighted by Gasteiger charge is -2.27. The summed E-state index contributed by atoms with van der Waals surface area (Å²) in [7, 11) is 0. The first kappa shape index (κ1) is 12.2. The summed E-state index contributed by atoms with van der Waals surface area (Å²) in [5.74, 6) is 2.94. The normalized spacial score (nSPS) is 17.2. The molecule has 1 aromatic rings. The van der Waals surface area contributed by atoms with Crippen molar-refractivity contribution in [2.24, 2.45) is 10.7 Å². The molecule has 92 valence electrons. The van der Waals surface area contributed by atoms with Gasteiger partial charge in [-0.3, -0.25) is 4.98 Å². The Balaban J connectivity index is 1.92. The average molecular weight is 250 g/mol. The maximum atomic E-state index is 5.97. The first-order chi connectivity index (χ1) is 8.25. The van der Waals surface area contributed by atoms with Crippen molar-refractivity contribution in [1.29, 1.82) is 0 Å². The van der Waals surface area contributed by atoms with Crippen LogP contribution in [0.25, 0.3) is 0 Å². The van der Waals surface area contributed by atoms with Gasteiger partial charge >= 0.3 is 0 Å². The quantitative estimate of drug-likeness (QED) is 0.634. The second kappa shape index (κ2) is 5.91. The van der Waals surface area contributed by atoms with Crippen molar-refractivity contribution in [2.45, 2.75) is 13.5 Å². The Morgan fingerprint density at radius 1 is 1.47 bits per heavy atom. The molecule has 0 unspecified atom stereocenters. The first-order valence-electron chi connectivity index (χ1n) is 5.80. The molecule has 1 aliphatic heterocycles. The van der Waals surface area contributed by atoms with Gasteiger partial charge in [-0.15, -0.1) is 0 Å². The van der Waals surface area contributed by atoms with Gasteiger partial charge in [-0.25, -0.2) is 4.99 Å². The second-order valence-corrected chi connectivity index (χ2v) is 5.31. The highest BCUT2D eigenvalue weighted by atomic mass is 32.2. The summed E-state index contributed by atoms with van der Waals surface area (Å²) in [5.41, 5.74) is 8.10. The number of hydrogen-bond acceptors (Lipinski definition) is 3. The Morgan fingerprint density at radius 2 is 2.24 bits per heavy atom. The second-order valence-electron chi connectivity index (χ2n) is 4.08. The molecule has 2 N–H and O–H groups in total. The van der Waals surface area contributed by atoms with Gasteiger partial charge in [0.15, 0.2) is 5.96 Å². The van der Waals surface area contributed by atoms with Crippen LogP contribution in [0.2, 0.25) is 0 Å². The van der Waals surface area contributed by atoms with Gasteiger partial charge in [0.05, 0.1) is 6.54 Å². The third kappa shape index (κ3) is 3.63. The minimum atomic E-state index is 0.614. The monoisotopic (exact) mass is 250 g/mol. The third-order valence-corrected chi connectivity index (χ3v) is 3.67. The average Bonchev–Trinajstić information content (AvgIpc) is 2.39. The Morgan fingerprint density at radius 3 is 2.88 bits per heavy atom. The topological polar surface area (TPSA) is 54.5 Å². The van der Waals surface area contributed by atoms with E-state index >= 15 is 0 Å². The molecule has 0 aromatic carbocycles. The fourth-order valence-electron chi connectivity index (χ4n) is 1.66. The molecule has 5 heteroatoms. The van der Waals surface area contributed by atoms with Gasteiger partial charge in [-0.2, -0.15) is 11.8 Å². The SMILES string of the molecule is Cc1ccc(CN=C(N)N2CCSCC2)cn1. The van der Waals surface area contributed by atoms with Gasteiger partial charge in [0, 0.05) is 36.5 Å². The van der Waals surface area contributed by atoms with Crippen LogP contribution in [0.15, 0.2) is 23.3 Å². The number of nitrogens with two attached hydrogens (primary N) is 1. The smallest absolute Gasteiger partial charge is 0.191 e. The summed E-state index contributed by atoms with van der Waals surface area (Å²) in [6.45, 7) is 4.61. The summed E-state index contributed by atoms with van der Waals surface area (Å²) in [6, 6.07) is 4.05. The molecule has 0 saturated carbocycles. The molecule has 1 aliphatic rings. The molecule has 4 nitrogen and oxygen atoms in total. The Labute approximate surface area is 106 Å². The lowest BCUT2D eigenvalue weighted by Crippen LogP contribution is -2.42. The first-order valence-corrected chi connectivity index (χ1v) is 6.95. The highest BCUT2D eigenvalue weighted by molar-refractivity contribution is 7.99. The van der Waals surface area contributed by atoms with E-state index in [0.29, 0.717) is 12.5 Å². The fourth-order valence-corrected chi connectivity index (χ4v) is 2.56. The molecular weight excluding hydrogens is 232 g/mol. The van der Waals surface area contributed by atoms with Crippen LogP contribution in [-0.2, 0) is 6.54 Å². The molecule has 0 atom stereocenters. The molecule has 1 aromatic heterocycles. The molecule has 0 radical (unpaired) electrons. The minimum Gasteiger partial charge on any atom is -0.370 e. The van der Waals surface area contributed by atoms with Crippen LogP contribution < -0.4 is 5.73 Å². The van der Waals surface area contributed by atoms with E-state index in [1.165, 1.54) is 0 Å². The van der Waals surface area contributed by atoms with Crippen molar-refractivity contribution in [3.63, 3.8) is 0 Å². The van der Waals surface area contributed by atoms with E-state index < -0.39 is 0 Å². The van der Waals surface area contributed by atoms with Gasteiger partial charge < -0.3 is 10.6 Å². The molecular formula is C12H18N4S. The van der Waals surface area contributed by atoms with Crippen LogP contribution in [0.4, 0.5) is 0 Å². The van der Waals surface area contributed by atoms with Crippen molar-refractivity contribution in [1.82, 2.24) is 9.88 Å². The third-order valence-electron chi connectivity index (χ3n) is 2.73. The molecule has 0 amide bonds. The minimum absolute atomic E-state index is 0.614. The number of aromatic nitrogens is 1. The summed E-state index contributed by atoms with van der Waals surface area (Å²) >= 11 is 1.97. The van der Waals surface area contributed by atoms with E-state index in [9.17, 15) is 0 Å². The number of pyridine rings is 1. The van der Waals surface area contributed by atoms with Crippen molar-refractivity contribution in [2.75, 3.05) is 24.6 Å². The van der Waals surface area contributed by atoms with E-state index in [1.54, 1.807) is 0 Å². The molecule has 0 spiro atoms. The number of hydrogen-bond donors (Lipinski definition) is 1. The molecule has 1 fully saturated rings. The van der Waals surface area contributed by atoms with E-state index in [0.717, 1.165) is 35.9 Å². The predicted octanol–water partition coefficient (Wildman–Crippen LogP) is 1.25. The zero-order valence-electron chi connectivity index (χ0n) is 10.1. The molecule has 0 aliphatic carbocycles. The van der Waals surface area contributed by atoms with Crippen LogP contribution in [0, 0.1) is 6.92 Å². The van der Waals surface area contributed by atoms with Crippen LogP contribution in [0.1, 0.15) is 11.3 Å². The molecule has 2 rings (SSSR count). The van der Waals surface area contributed by atoms with E-state index in [2.05, 4.69) is 14.9 Å². The zero-order valence-corrected chi connectivity index (χ0v) is 10.9. The van der Waals surface area contributed by atoms with Gasteiger partial charge in [-0.05, 0) is 18.6 Å². The maximum absolute atomic E-state index is 5.97. The lowest BCUT2D eigenvalue weighted by molar-refractivity contribution is 0.455. The number of aryl methyl sites for hydroxylation is 1. The van der Waals surface area contributed by atoms with Crippen molar-refractivity contribution in [3.05, 3.63) is 29.6 Å². The number of aliphatic imine (C=N–C) groups is 1. The molecule has 2 heterocycles. The summed E-state index contributed by atoms with van der Waals surface area (Å²) < 4.78 is 0. The van der Waals surface area contributed by atoms with Crippen LogP contribution in [-0.4, -0.2) is 40.4 Å². The summed E-state index contributed by atoms with van der Waals surface area (Å²) in [5, 5.41) is 0. The number of rotatable bonds is 2. The molecule has 1 saturated heterocycles. The van der Waals surface area contributed by atoms with Crippen LogP contribution in [0.3, 0.4) is 0 Å². The van der Waals surface area contributed by atoms with Gasteiger partial charge in [0.25, 0.3) is 0 Å². The molecule has 17 heavy (non-hydrogen) atoms. The summed E-state index contributed by atoms with van der Waals surface area (Å²) in [6.07, 6.45) is 1.86. The van der Waals surface area contributed by atoms with Gasteiger partial charge in [0.2, 0.25) is 0 Å².